The Labute approximate surface area is 118 Å². The number of nitrogens with one attached hydrogen (secondary N) is 1. The monoisotopic (exact) mass is 278 g/mol. The lowest BCUT2D eigenvalue weighted by Crippen LogP contribution is -2.19. The molecule has 0 fully saturated rings. The van der Waals surface area contributed by atoms with Gasteiger partial charge in [-0.1, -0.05) is 37.6 Å². The van der Waals surface area contributed by atoms with Crippen molar-refractivity contribution in [1.82, 2.24) is 20.1 Å². The van der Waals surface area contributed by atoms with Gasteiger partial charge in [0.25, 0.3) is 0 Å². The van der Waals surface area contributed by atoms with Crippen molar-refractivity contribution in [2.45, 2.75) is 26.9 Å². The topological polar surface area (TPSA) is 42.7 Å². The van der Waals surface area contributed by atoms with Crippen molar-refractivity contribution in [2.24, 2.45) is 5.92 Å². The predicted molar refractivity (Wildman–Crippen MR) is 77.1 cm³/mol. The lowest BCUT2D eigenvalue weighted by Gasteiger charge is -2.04. The molecule has 0 aliphatic carbocycles. The highest BCUT2D eigenvalue weighted by Crippen LogP contribution is 2.10. The van der Waals surface area contributed by atoms with E-state index in [1.54, 1.807) is 6.33 Å². The van der Waals surface area contributed by atoms with E-state index in [1.807, 2.05) is 28.9 Å². The van der Waals surface area contributed by atoms with E-state index >= 15 is 0 Å². The molecule has 1 aromatic carbocycles. The van der Waals surface area contributed by atoms with E-state index in [1.165, 1.54) is 0 Å². The molecule has 1 heterocycles. The highest BCUT2D eigenvalue weighted by Gasteiger charge is 2.02. The quantitative estimate of drug-likeness (QED) is 0.883. The fourth-order valence-corrected chi connectivity index (χ4v) is 1.87. The molecule has 4 nitrogen and oxygen atoms in total. The smallest absolute Gasteiger partial charge is 0.164 e. The molecule has 0 amide bonds. The second-order valence-electron chi connectivity index (χ2n) is 5.01. The van der Waals surface area contributed by atoms with Crippen molar-refractivity contribution in [1.29, 1.82) is 0 Å². The Hall–Kier alpha value is -1.39. The highest BCUT2D eigenvalue weighted by atomic mass is 35.5. The molecule has 19 heavy (non-hydrogen) atoms. The SMILES string of the molecule is CC(C)CNCc1ncn(Cc2ccc(Cl)cc2)n1. The van der Waals surface area contributed by atoms with E-state index in [-0.39, 0.29) is 0 Å². The zero-order valence-corrected chi connectivity index (χ0v) is 12.1. The lowest BCUT2D eigenvalue weighted by atomic mass is 10.2. The van der Waals surface area contributed by atoms with Gasteiger partial charge in [-0.3, -0.25) is 0 Å². The van der Waals surface area contributed by atoms with E-state index in [0.29, 0.717) is 19.0 Å². The molecule has 0 atom stereocenters. The molecule has 0 saturated heterocycles. The summed E-state index contributed by atoms with van der Waals surface area (Å²) < 4.78 is 1.84. The predicted octanol–water partition coefficient (Wildman–Crippen LogP) is 2.73. The Balaban J connectivity index is 1.88. The normalized spacial score (nSPS) is 11.2. The minimum Gasteiger partial charge on any atom is -0.310 e. The van der Waals surface area contributed by atoms with Crippen LogP contribution < -0.4 is 5.32 Å². The van der Waals surface area contributed by atoms with E-state index in [9.17, 15) is 0 Å². The number of rotatable bonds is 6. The molecular weight excluding hydrogens is 260 g/mol. The number of aromatic nitrogens is 3. The Bertz CT molecular complexity index is 504. The van der Waals surface area contributed by atoms with Crippen LogP contribution in [0.5, 0.6) is 0 Å². The van der Waals surface area contributed by atoms with Crippen molar-refractivity contribution in [3.63, 3.8) is 0 Å². The van der Waals surface area contributed by atoms with Crippen LogP contribution >= 0.6 is 11.6 Å². The minimum absolute atomic E-state index is 0.635. The number of halogens is 1. The van der Waals surface area contributed by atoms with Crippen LogP contribution in [0.25, 0.3) is 0 Å². The van der Waals surface area contributed by atoms with E-state index in [2.05, 4.69) is 29.2 Å². The fraction of sp³-hybridized carbons (Fsp3) is 0.429. The van der Waals surface area contributed by atoms with Gasteiger partial charge in [0.1, 0.15) is 6.33 Å². The average Bonchev–Trinajstić information content (AvgIpc) is 2.79. The van der Waals surface area contributed by atoms with Gasteiger partial charge in [-0.15, -0.1) is 0 Å². The molecule has 0 unspecified atom stereocenters. The van der Waals surface area contributed by atoms with E-state index in [0.717, 1.165) is 23.0 Å². The van der Waals surface area contributed by atoms with Crippen LogP contribution in [0.1, 0.15) is 25.2 Å². The van der Waals surface area contributed by atoms with Crippen LogP contribution in [-0.4, -0.2) is 21.3 Å². The summed E-state index contributed by atoms with van der Waals surface area (Å²) in [5.41, 5.74) is 1.16. The van der Waals surface area contributed by atoms with Crippen LogP contribution in [0.4, 0.5) is 0 Å². The van der Waals surface area contributed by atoms with Gasteiger partial charge in [-0.05, 0) is 30.2 Å². The van der Waals surface area contributed by atoms with Crippen LogP contribution in [0.15, 0.2) is 30.6 Å². The van der Waals surface area contributed by atoms with E-state index < -0.39 is 0 Å². The van der Waals surface area contributed by atoms with Gasteiger partial charge in [0.15, 0.2) is 5.82 Å². The summed E-state index contributed by atoms with van der Waals surface area (Å²) in [7, 11) is 0. The van der Waals surface area contributed by atoms with Crippen molar-refractivity contribution in [2.75, 3.05) is 6.54 Å². The second-order valence-corrected chi connectivity index (χ2v) is 5.45. The largest absolute Gasteiger partial charge is 0.310 e. The minimum atomic E-state index is 0.635. The molecule has 0 aliphatic heterocycles. The zero-order chi connectivity index (χ0) is 13.7. The molecule has 102 valence electrons. The van der Waals surface area contributed by atoms with Gasteiger partial charge < -0.3 is 5.32 Å². The Morgan fingerprint density at radius 1 is 1.26 bits per heavy atom. The summed E-state index contributed by atoms with van der Waals surface area (Å²) in [5.74, 6) is 1.46. The summed E-state index contributed by atoms with van der Waals surface area (Å²) in [5, 5.41) is 8.52. The molecule has 2 rings (SSSR count). The van der Waals surface area contributed by atoms with Gasteiger partial charge in [-0.25, -0.2) is 9.67 Å². The van der Waals surface area contributed by atoms with Crippen LogP contribution in [0.2, 0.25) is 5.02 Å². The number of nitrogens with zero attached hydrogens (tertiary/aromatic N) is 3. The summed E-state index contributed by atoms with van der Waals surface area (Å²) in [6.45, 7) is 6.77. The molecular formula is C14H19ClN4. The van der Waals surface area contributed by atoms with Crippen molar-refractivity contribution in [3.8, 4) is 0 Å². The summed E-state index contributed by atoms with van der Waals surface area (Å²) in [6, 6.07) is 7.78. The number of hydrogen-bond donors (Lipinski definition) is 1. The molecule has 5 heteroatoms. The maximum absolute atomic E-state index is 5.86. The second kappa shape index (κ2) is 6.68. The molecule has 0 saturated carbocycles. The number of benzene rings is 1. The standard InChI is InChI=1S/C14H19ClN4/c1-11(2)7-16-8-14-17-10-19(18-14)9-12-3-5-13(15)6-4-12/h3-6,10-11,16H,7-9H2,1-2H3. The van der Waals surface area contributed by atoms with Gasteiger partial charge in [0, 0.05) is 5.02 Å². The Kier molecular flexibility index (Phi) is 4.93. The lowest BCUT2D eigenvalue weighted by molar-refractivity contribution is 0.539. The molecule has 0 aliphatic rings. The Morgan fingerprint density at radius 2 is 2.00 bits per heavy atom. The van der Waals surface area contributed by atoms with Crippen molar-refractivity contribution < 1.29 is 0 Å². The van der Waals surface area contributed by atoms with Crippen LogP contribution in [0, 0.1) is 5.92 Å². The third-order valence-corrected chi connectivity index (χ3v) is 2.93. The first-order valence-corrected chi connectivity index (χ1v) is 6.85. The third-order valence-electron chi connectivity index (χ3n) is 2.68. The number of hydrogen-bond acceptors (Lipinski definition) is 3. The molecule has 0 bridgehead atoms. The first-order chi connectivity index (χ1) is 9.13. The van der Waals surface area contributed by atoms with Gasteiger partial charge >= 0.3 is 0 Å². The fourth-order valence-electron chi connectivity index (χ4n) is 1.74. The maximum atomic E-state index is 5.86. The van der Waals surface area contributed by atoms with Crippen molar-refractivity contribution >= 4 is 11.6 Å². The zero-order valence-electron chi connectivity index (χ0n) is 11.3. The summed E-state index contributed by atoms with van der Waals surface area (Å²) in [6.07, 6.45) is 1.76. The van der Waals surface area contributed by atoms with Gasteiger partial charge in [-0.2, -0.15) is 5.10 Å². The summed E-state index contributed by atoms with van der Waals surface area (Å²) in [4.78, 5) is 4.29. The van der Waals surface area contributed by atoms with Crippen LogP contribution in [0.3, 0.4) is 0 Å². The summed E-state index contributed by atoms with van der Waals surface area (Å²) >= 11 is 5.86. The van der Waals surface area contributed by atoms with Crippen molar-refractivity contribution in [3.05, 3.63) is 47.0 Å². The first kappa shape index (κ1) is 14.0. The highest BCUT2D eigenvalue weighted by molar-refractivity contribution is 6.30. The molecule has 0 radical (unpaired) electrons. The van der Waals surface area contributed by atoms with E-state index in [4.69, 9.17) is 11.6 Å². The Morgan fingerprint density at radius 3 is 2.68 bits per heavy atom. The average molecular weight is 279 g/mol. The molecule has 1 aromatic heterocycles. The molecule has 1 N–H and O–H groups in total. The van der Waals surface area contributed by atoms with Gasteiger partial charge in [0.2, 0.25) is 0 Å². The first-order valence-electron chi connectivity index (χ1n) is 6.47. The van der Waals surface area contributed by atoms with Crippen LogP contribution in [-0.2, 0) is 13.1 Å². The maximum Gasteiger partial charge on any atom is 0.164 e. The third kappa shape index (κ3) is 4.65. The van der Waals surface area contributed by atoms with Gasteiger partial charge in [0.05, 0.1) is 13.1 Å². The molecule has 2 aromatic rings. The molecule has 0 spiro atoms.